The number of aliphatic hydroxyl groups is 1. The Morgan fingerprint density at radius 3 is 2.58 bits per heavy atom. The van der Waals surface area contributed by atoms with Gasteiger partial charge >= 0.3 is 0 Å². The Morgan fingerprint density at radius 1 is 1.50 bits per heavy atom. The van der Waals surface area contributed by atoms with Crippen molar-refractivity contribution in [1.82, 2.24) is 0 Å². The van der Waals surface area contributed by atoms with Gasteiger partial charge in [0.25, 0.3) is 0 Å². The van der Waals surface area contributed by atoms with Gasteiger partial charge < -0.3 is 19.3 Å². The highest BCUT2D eigenvalue weighted by molar-refractivity contribution is 4.79. The number of hydrogen-bond donors (Lipinski definition) is 1. The van der Waals surface area contributed by atoms with Crippen molar-refractivity contribution >= 4 is 0 Å². The van der Waals surface area contributed by atoms with E-state index < -0.39 is 6.29 Å². The van der Waals surface area contributed by atoms with Gasteiger partial charge in [-0.2, -0.15) is 0 Å². The second kappa shape index (κ2) is 7.24. The Morgan fingerprint density at radius 2 is 2.17 bits per heavy atom. The van der Waals surface area contributed by atoms with Crippen LogP contribution < -0.4 is 0 Å². The molecule has 0 bridgehead atoms. The number of aliphatic hydroxyl groups excluding tert-OH is 1. The Balaban J connectivity index is 3.46. The predicted octanol–water partition coefficient (Wildman–Crippen LogP) is 0.516. The normalized spacial score (nSPS) is 15.6. The van der Waals surface area contributed by atoms with Crippen LogP contribution in [-0.4, -0.2) is 38.0 Å². The first-order valence-corrected chi connectivity index (χ1v) is 3.73. The summed E-state index contributed by atoms with van der Waals surface area (Å²) in [6, 6.07) is 0. The molecule has 2 atom stereocenters. The third-order valence-electron chi connectivity index (χ3n) is 1.16. The first-order valence-electron chi connectivity index (χ1n) is 3.73. The van der Waals surface area contributed by atoms with Crippen molar-refractivity contribution < 1.29 is 19.3 Å². The third-order valence-corrected chi connectivity index (χ3v) is 1.16. The minimum Gasteiger partial charge on any atom is -0.368 e. The largest absolute Gasteiger partial charge is 0.368 e. The summed E-state index contributed by atoms with van der Waals surface area (Å²) in [5, 5.41) is 8.78. The number of methoxy groups -OCH3 is 1. The van der Waals surface area contributed by atoms with Gasteiger partial charge in [0.1, 0.15) is 12.9 Å². The lowest BCUT2D eigenvalue weighted by molar-refractivity contribution is -0.132. The summed E-state index contributed by atoms with van der Waals surface area (Å²) in [7, 11) is 1.54. The van der Waals surface area contributed by atoms with Crippen LogP contribution in [0.2, 0.25) is 0 Å². The molecule has 1 unspecified atom stereocenters. The second-order valence-electron chi connectivity index (χ2n) is 2.28. The number of hydrogen-bond acceptors (Lipinski definition) is 4. The van der Waals surface area contributed by atoms with Crippen molar-refractivity contribution in [3.8, 4) is 0 Å². The summed E-state index contributed by atoms with van der Waals surface area (Å²) in [5.74, 6) is 0. The molecule has 0 amide bonds. The van der Waals surface area contributed by atoms with Crippen molar-refractivity contribution in [2.24, 2.45) is 0 Å². The van der Waals surface area contributed by atoms with E-state index in [-0.39, 0.29) is 19.5 Å². The summed E-state index contributed by atoms with van der Waals surface area (Å²) in [6.07, 6.45) is 0.583. The van der Waals surface area contributed by atoms with Crippen LogP contribution in [0.1, 0.15) is 6.92 Å². The maximum Gasteiger partial charge on any atom is 0.151 e. The van der Waals surface area contributed by atoms with Crippen LogP contribution in [0.5, 0.6) is 0 Å². The van der Waals surface area contributed by atoms with E-state index in [0.29, 0.717) is 0 Å². The van der Waals surface area contributed by atoms with Gasteiger partial charge in [0.15, 0.2) is 6.29 Å². The van der Waals surface area contributed by atoms with Crippen LogP contribution >= 0.6 is 0 Å². The predicted molar refractivity (Wildman–Crippen MR) is 44.6 cm³/mol. The molecule has 0 aromatic carbocycles. The molecule has 0 rings (SSSR count). The smallest absolute Gasteiger partial charge is 0.151 e. The molecular formula is C8H16O4. The molecule has 0 aromatic rings. The molecule has 0 aliphatic heterocycles. The molecule has 0 fully saturated rings. The number of ether oxygens (including phenoxy) is 3. The molecule has 72 valence electrons. The first-order chi connectivity index (χ1) is 5.70. The van der Waals surface area contributed by atoms with Crippen molar-refractivity contribution in [3.05, 3.63) is 12.7 Å². The molecule has 0 saturated heterocycles. The van der Waals surface area contributed by atoms with Crippen LogP contribution in [0.4, 0.5) is 0 Å². The Kier molecular flexibility index (Phi) is 6.99. The molecular weight excluding hydrogens is 160 g/mol. The van der Waals surface area contributed by atoms with Crippen molar-refractivity contribution in [2.45, 2.75) is 19.3 Å². The van der Waals surface area contributed by atoms with Gasteiger partial charge in [0, 0.05) is 7.11 Å². The van der Waals surface area contributed by atoms with Gasteiger partial charge in [0.2, 0.25) is 0 Å². The van der Waals surface area contributed by atoms with Crippen LogP contribution in [0, 0.1) is 0 Å². The number of rotatable bonds is 7. The molecule has 0 saturated carbocycles. The molecule has 4 heteroatoms. The Labute approximate surface area is 72.7 Å². The van der Waals surface area contributed by atoms with Gasteiger partial charge in [-0.25, -0.2) is 0 Å². The van der Waals surface area contributed by atoms with Gasteiger partial charge in [-0.15, -0.1) is 6.58 Å². The second-order valence-corrected chi connectivity index (χ2v) is 2.28. The topological polar surface area (TPSA) is 47.9 Å². The SMILES string of the molecule is C=CC(CO[C@H](C)O)OCOC. The van der Waals surface area contributed by atoms with Crippen molar-refractivity contribution in [2.75, 3.05) is 20.5 Å². The van der Waals surface area contributed by atoms with E-state index >= 15 is 0 Å². The minimum atomic E-state index is -0.779. The van der Waals surface area contributed by atoms with E-state index in [2.05, 4.69) is 6.58 Å². The van der Waals surface area contributed by atoms with E-state index in [9.17, 15) is 0 Å². The Hall–Kier alpha value is -0.420. The summed E-state index contributed by atoms with van der Waals surface area (Å²) in [5.41, 5.74) is 0. The van der Waals surface area contributed by atoms with Gasteiger partial charge in [-0.3, -0.25) is 0 Å². The molecule has 0 aliphatic carbocycles. The molecule has 0 radical (unpaired) electrons. The maximum absolute atomic E-state index is 8.78. The van der Waals surface area contributed by atoms with Crippen LogP contribution in [-0.2, 0) is 14.2 Å². The fraction of sp³-hybridized carbons (Fsp3) is 0.750. The lowest BCUT2D eigenvalue weighted by atomic mass is 10.4. The maximum atomic E-state index is 8.78. The quantitative estimate of drug-likeness (QED) is 0.453. The lowest BCUT2D eigenvalue weighted by Gasteiger charge is -2.14. The van der Waals surface area contributed by atoms with E-state index in [1.165, 1.54) is 14.0 Å². The summed E-state index contributed by atoms with van der Waals surface area (Å²) < 4.78 is 14.7. The average Bonchev–Trinajstić information content (AvgIpc) is 2.05. The lowest BCUT2D eigenvalue weighted by Crippen LogP contribution is -2.21. The molecule has 0 aromatic heterocycles. The summed E-state index contributed by atoms with van der Waals surface area (Å²) >= 11 is 0. The monoisotopic (exact) mass is 176 g/mol. The van der Waals surface area contributed by atoms with Gasteiger partial charge in [-0.1, -0.05) is 6.08 Å². The molecule has 1 N–H and O–H groups in total. The summed E-state index contributed by atoms with van der Waals surface area (Å²) in [6.45, 7) is 5.56. The molecule has 0 spiro atoms. The molecule has 0 aliphatic rings. The van der Waals surface area contributed by atoms with E-state index in [0.717, 1.165) is 0 Å². The highest BCUT2D eigenvalue weighted by Gasteiger charge is 2.05. The van der Waals surface area contributed by atoms with E-state index in [4.69, 9.17) is 19.3 Å². The highest BCUT2D eigenvalue weighted by atomic mass is 16.7. The molecule has 12 heavy (non-hydrogen) atoms. The van der Waals surface area contributed by atoms with Crippen molar-refractivity contribution in [3.63, 3.8) is 0 Å². The Bertz CT molecular complexity index is 114. The zero-order valence-electron chi connectivity index (χ0n) is 7.53. The van der Waals surface area contributed by atoms with Gasteiger partial charge in [-0.05, 0) is 6.92 Å². The average molecular weight is 176 g/mol. The fourth-order valence-corrected chi connectivity index (χ4v) is 0.574. The van der Waals surface area contributed by atoms with Gasteiger partial charge in [0.05, 0.1) is 6.61 Å². The zero-order chi connectivity index (χ0) is 9.40. The molecule has 0 heterocycles. The zero-order valence-corrected chi connectivity index (χ0v) is 7.53. The fourth-order valence-electron chi connectivity index (χ4n) is 0.574. The van der Waals surface area contributed by atoms with Crippen molar-refractivity contribution in [1.29, 1.82) is 0 Å². The standard InChI is InChI=1S/C8H16O4/c1-4-8(12-6-10-3)5-11-7(2)9/h4,7-9H,1,5-6H2,2-3H3/t7-,8?/m1/s1. The van der Waals surface area contributed by atoms with Crippen LogP contribution in [0.25, 0.3) is 0 Å². The third kappa shape index (κ3) is 6.30. The van der Waals surface area contributed by atoms with E-state index in [1.54, 1.807) is 6.08 Å². The van der Waals surface area contributed by atoms with Crippen LogP contribution in [0.15, 0.2) is 12.7 Å². The minimum absolute atomic E-state index is 0.194. The summed E-state index contributed by atoms with van der Waals surface area (Å²) in [4.78, 5) is 0. The first kappa shape index (κ1) is 11.6. The molecule has 4 nitrogen and oxygen atoms in total. The van der Waals surface area contributed by atoms with Crippen LogP contribution in [0.3, 0.4) is 0 Å². The highest BCUT2D eigenvalue weighted by Crippen LogP contribution is 1.96. The van der Waals surface area contributed by atoms with E-state index in [1.807, 2.05) is 0 Å².